The SMILES string of the molecule is CNOC(=O)C(C)(C)C. The number of nitrogens with one attached hydrogen (secondary N) is 1. The molecule has 0 atom stereocenters. The van der Waals surface area contributed by atoms with Gasteiger partial charge in [0.15, 0.2) is 0 Å². The zero-order chi connectivity index (χ0) is 7.49. The lowest BCUT2D eigenvalue weighted by molar-refractivity contribution is -0.159. The minimum atomic E-state index is -0.414. The predicted molar refractivity (Wildman–Crippen MR) is 34.6 cm³/mol. The van der Waals surface area contributed by atoms with Crippen molar-refractivity contribution in [2.75, 3.05) is 7.05 Å². The molecule has 0 aliphatic carbocycles. The van der Waals surface area contributed by atoms with Crippen LogP contribution in [0.3, 0.4) is 0 Å². The normalized spacial score (nSPS) is 11.1. The third-order valence-electron chi connectivity index (χ3n) is 0.807. The summed E-state index contributed by atoms with van der Waals surface area (Å²) in [6, 6.07) is 0. The Morgan fingerprint density at radius 1 is 1.44 bits per heavy atom. The maximum atomic E-state index is 10.8. The highest BCUT2D eigenvalue weighted by molar-refractivity contribution is 5.74. The van der Waals surface area contributed by atoms with Crippen LogP contribution < -0.4 is 5.48 Å². The van der Waals surface area contributed by atoms with Crippen molar-refractivity contribution in [2.24, 2.45) is 5.41 Å². The largest absolute Gasteiger partial charge is 0.370 e. The molecule has 1 N–H and O–H groups in total. The summed E-state index contributed by atoms with van der Waals surface area (Å²) in [5.41, 5.74) is 1.91. The quantitative estimate of drug-likeness (QED) is 0.532. The lowest BCUT2D eigenvalue weighted by Gasteiger charge is -2.14. The molecule has 0 aromatic rings. The van der Waals surface area contributed by atoms with Crippen molar-refractivity contribution in [3.8, 4) is 0 Å². The summed E-state index contributed by atoms with van der Waals surface area (Å²) < 4.78 is 0. The smallest absolute Gasteiger partial charge is 0.329 e. The van der Waals surface area contributed by atoms with Crippen LogP contribution in [0.2, 0.25) is 0 Å². The minimum absolute atomic E-state index is 0.245. The topological polar surface area (TPSA) is 38.3 Å². The van der Waals surface area contributed by atoms with Crippen LogP contribution in [-0.4, -0.2) is 13.0 Å². The van der Waals surface area contributed by atoms with Crippen LogP contribution in [0.5, 0.6) is 0 Å². The molecule has 0 spiro atoms. The molecule has 0 amide bonds. The Morgan fingerprint density at radius 2 is 1.89 bits per heavy atom. The monoisotopic (exact) mass is 131 g/mol. The summed E-state index contributed by atoms with van der Waals surface area (Å²) in [4.78, 5) is 15.3. The van der Waals surface area contributed by atoms with Crippen LogP contribution in [-0.2, 0) is 9.63 Å². The fraction of sp³-hybridized carbons (Fsp3) is 0.833. The Morgan fingerprint density at radius 3 is 2.00 bits per heavy atom. The van der Waals surface area contributed by atoms with E-state index in [0.29, 0.717) is 0 Å². The molecule has 0 aliphatic heterocycles. The van der Waals surface area contributed by atoms with Crippen molar-refractivity contribution in [1.29, 1.82) is 0 Å². The lowest BCUT2D eigenvalue weighted by Crippen LogP contribution is -2.27. The van der Waals surface area contributed by atoms with Crippen LogP contribution in [0.25, 0.3) is 0 Å². The zero-order valence-electron chi connectivity index (χ0n) is 6.32. The van der Waals surface area contributed by atoms with E-state index in [9.17, 15) is 4.79 Å². The summed E-state index contributed by atoms with van der Waals surface area (Å²) >= 11 is 0. The van der Waals surface area contributed by atoms with Gasteiger partial charge in [-0.3, -0.25) is 0 Å². The van der Waals surface area contributed by atoms with E-state index in [4.69, 9.17) is 0 Å². The minimum Gasteiger partial charge on any atom is -0.370 e. The molecule has 0 aromatic heterocycles. The third-order valence-corrected chi connectivity index (χ3v) is 0.807. The standard InChI is InChI=1S/C6H13NO2/c1-6(2,3)5(8)9-7-4/h7H,1-4H3. The number of hydroxylamine groups is 1. The molecule has 0 heterocycles. The first-order chi connectivity index (χ1) is 3.98. The average molecular weight is 131 g/mol. The second-order valence-electron chi connectivity index (χ2n) is 2.84. The van der Waals surface area contributed by atoms with Crippen molar-refractivity contribution in [3.63, 3.8) is 0 Å². The number of rotatable bonds is 1. The van der Waals surface area contributed by atoms with Gasteiger partial charge in [-0.2, -0.15) is 5.48 Å². The second kappa shape index (κ2) is 2.82. The Bertz CT molecular complexity index is 104. The number of hydrogen-bond acceptors (Lipinski definition) is 3. The van der Waals surface area contributed by atoms with Crippen molar-refractivity contribution in [1.82, 2.24) is 5.48 Å². The average Bonchev–Trinajstić information content (AvgIpc) is 1.64. The molecule has 0 saturated carbocycles. The fourth-order valence-electron chi connectivity index (χ4n) is 0.246. The molecule has 3 heteroatoms. The molecule has 0 aromatic carbocycles. The fourth-order valence-corrected chi connectivity index (χ4v) is 0.246. The van der Waals surface area contributed by atoms with Gasteiger partial charge >= 0.3 is 5.97 Å². The molecule has 0 radical (unpaired) electrons. The van der Waals surface area contributed by atoms with Gasteiger partial charge in [-0.15, -0.1) is 0 Å². The van der Waals surface area contributed by atoms with Crippen LogP contribution in [0, 0.1) is 5.41 Å². The first kappa shape index (κ1) is 8.43. The van der Waals surface area contributed by atoms with Crippen molar-refractivity contribution < 1.29 is 9.63 Å². The van der Waals surface area contributed by atoms with Gasteiger partial charge in [-0.1, -0.05) is 0 Å². The molecule has 0 fully saturated rings. The molecule has 0 rings (SSSR count). The van der Waals surface area contributed by atoms with E-state index in [1.165, 1.54) is 0 Å². The molecular weight excluding hydrogens is 118 g/mol. The summed E-state index contributed by atoms with van der Waals surface area (Å²) in [6.07, 6.45) is 0. The first-order valence-electron chi connectivity index (χ1n) is 2.86. The van der Waals surface area contributed by atoms with Gasteiger partial charge < -0.3 is 4.84 Å². The van der Waals surface area contributed by atoms with Crippen molar-refractivity contribution in [3.05, 3.63) is 0 Å². The summed E-state index contributed by atoms with van der Waals surface area (Å²) in [5.74, 6) is -0.245. The van der Waals surface area contributed by atoms with Gasteiger partial charge in [0.1, 0.15) is 0 Å². The Kier molecular flexibility index (Phi) is 2.65. The van der Waals surface area contributed by atoms with E-state index < -0.39 is 5.41 Å². The molecule has 0 saturated heterocycles. The van der Waals surface area contributed by atoms with E-state index in [-0.39, 0.29) is 5.97 Å². The number of carbonyl (C=O) groups excluding carboxylic acids is 1. The molecule has 54 valence electrons. The third kappa shape index (κ3) is 3.08. The van der Waals surface area contributed by atoms with E-state index in [1.54, 1.807) is 27.8 Å². The first-order valence-corrected chi connectivity index (χ1v) is 2.86. The molecule has 0 bridgehead atoms. The highest BCUT2D eigenvalue weighted by Gasteiger charge is 2.22. The Hall–Kier alpha value is -0.570. The number of hydrogen-bond donors (Lipinski definition) is 1. The van der Waals surface area contributed by atoms with Crippen LogP contribution in [0.1, 0.15) is 20.8 Å². The van der Waals surface area contributed by atoms with E-state index in [1.807, 2.05) is 0 Å². The summed E-state index contributed by atoms with van der Waals surface area (Å²) in [5, 5.41) is 0. The highest BCUT2D eigenvalue weighted by atomic mass is 16.7. The van der Waals surface area contributed by atoms with Gasteiger partial charge in [0.05, 0.1) is 5.41 Å². The second-order valence-corrected chi connectivity index (χ2v) is 2.84. The van der Waals surface area contributed by atoms with E-state index in [0.717, 1.165) is 0 Å². The van der Waals surface area contributed by atoms with Gasteiger partial charge in [-0.25, -0.2) is 4.79 Å². The van der Waals surface area contributed by atoms with Crippen LogP contribution in [0.4, 0.5) is 0 Å². The Labute approximate surface area is 55.3 Å². The highest BCUT2D eigenvalue weighted by Crippen LogP contribution is 2.13. The van der Waals surface area contributed by atoms with Gasteiger partial charge in [-0.05, 0) is 20.8 Å². The van der Waals surface area contributed by atoms with Gasteiger partial charge in [0, 0.05) is 7.05 Å². The molecular formula is C6H13NO2. The van der Waals surface area contributed by atoms with Gasteiger partial charge in [0.25, 0.3) is 0 Å². The van der Waals surface area contributed by atoms with Crippen LogP contribution >= 0.6 is 0 Å². The lowest BCUT2D eigenvalue weighted by atomic mass is 9.98. The zero-order valence-corrected chi connectivity index (χ0v) is 6.32. The van der Waals surface area contributed by atoms with Crippen LogP contribution in [0.15, 0.2) is 0 Å². The predicted octanol–water partition coefficient (Wildman–Crippen LogP) is 0.710. The van der Waals surface area contributed by atoms with E-state index in [2.05, 4.69) is 10.3 Å². The summed E-state index contributed by atoms with van der Waals surface area (Å²) in [6.45, 7) is 5.39. The molecule has 3 nitrogen and oxygen atoms in total. The summed E-state index contributed by atoms with van der Waals surface area (Å²) in [7, 11) is 1.56. The molecule has 0 aliphatic rings. The Balaban J connectivity index is 3.74. The maximum Gasteiger partial charge on any atom is 0.329 e. The number of carbonyl (C=O) groups is 1. The van der Waals surface area contributed by atoms with Crippen molar-refractivity contribution in [2.45, 2.75) is 20.8 Å². The maximum absolute atomic E-state index is 10.8. The van der Waals surface area contributed by atoms with Crippen molar-refractivity contribution >= 4 is 5.97 Å². The van der Waals surface area contributed by atoms with E-state index >= 15 is 0 Å². The molecule has 0 unspecified atom stereocenters. The van der Waals surface area contributed by atoms with Gasteiger partial charge in [0.2, 0.25) is 0 Å². The molecule has 9 heavy (non-hydrogen) atoms.